The third-order valence-corrected chi connectivity index (χ3v) is 3.12. The first kappa shape index (κ1) is 15.5. The van der Waals surface area contributed by atoms with E-state index in [1.165, 1.54) is 0 Å². The van der Waals surface area contributed by atoms with Gasteiger partial charge in [-0.25, -0.2) is 4.79 Å². The zero-order valence-electron chi connectivity index (χ0n) is 10.6. The Labute approximate surface area is 105 Å². The molecule has 4 nitrogen and oxygen atoms in total. The molecule has 5 heteroatoms. The van der Waals surface area contributed by atoms with Crippen molar-refractivity contribution in [3.05, 3.63) is 0 Å². The van der Waals surface area contributed by atoms with Crippen molar-refractivity contribution in [2.75, 3.05) is 45.8 Å². The van der Waals surface area contributed by atoms with Gasteiger partial charge < -0.3 is 14.7 Å². The molecule has 0 N–H and O–H groups in total. The van der Waals surface area contributed by atoms with Crippen LogP contribution in [0.3, 0.4) is 0 Å². The maximum absolute atomic E-state index is 12.0. The van der Waals surface area contributed by atoms with Crippen molar-refractivity contribution in [3.8, 4) is 0 Å². The predicted molar refractivity (Wildman–Crippen MR) is 69.3 cm³/mol. The Hall–Kier alpha value is -0.480. The second kappa shape index (κ2) is 7.74. The Bertz CT molecular complexity index is 201. The standard InChI is InChI=1S/C11H23N3O.ClH/c1-4-12-7-9-14(10-8-12)11(15)13(5-2)6-3;/h4-10H2,1-3H3;1H. The van der Waals surface area contributed by atoms with E-state index in [0.717, 1.165) is 45.8 Å². The molecule has 0 aromatic carbocycles. The average Bonchev–Trinajstić information content (AvgIpc) is 2.30. The first-order valence-electron chi connectivity index (χ1n) is 5.99. The smallest absolute Gasteiger partial charge is 0.320 e. The summed E-state index contributed by atoms with van der Waals surface area (Å²) in [7, 11) is 0. The van der Waals surface area contributed by atoms with Gasteiger partial charge in [0.25, 0.3) is 0 Å². The number of hydrogen-bond acceptors (Lipinski definition) is 2. The molecule has 16 heavy (non-hydrogen) atoms. The molecule has 0 bridgehead atoms. The molecule has 0 spiro atoms. The van der Waals surface area contributed by atoms with Crippen molar-refractivity contribution in [1.82, 2.24) is 14.7 Å². The van der Waals surface area contributed by atoms with E-state index in [0.29, 0.717) is 0 Å². The maximum Gasteiger partial charge on any atom is 0.320 e. The number of urea groups is 1. The highest BCUT2D eigenvalue weighted by Gasteiger charge is 2.22. The van der Waals surface area contributed by atoms with Crippen LogP contribution in [0.4, 0.5) is 4.79 Å². The molecule has 0 radical (unpaired) electrons. The largest absolute Gasteiger partial charge is 0.325 e. The minimum absolute atomic E-state index is 0. The van der Waals surface area contributed by atoms with Crippen molar-refractivity contribution >= 4 is 18.4 Å². The number of carbonyl (C=O) groups is 1. The number of carbonyl (C=O) groups excluding carboxylic acids is 1. The SMILES string of the molecule is CCN1CCN(C(=O)N(CC)CC)CC1.Cl. The molecule has 0 atom stereocenters. The third kappa shape index (κ3) is 3.83. The third-order valence-electron chi connectivity index (χ3n) is 3.12. The summed E-state index contributed by atoms with van der Waals surface area (Å²) in [5, 5.41) is 0. The summed E-state index contributed by atoms with van der Waals surface area (Å²) < 4.78 is 0. The molecule has 1 rings (SSSR count). The lowest BCUT2D eigenvalue weighted by atomic mass is 10.3. The van der Waals surface area contributed by atoms with Crippen molar-refractivity contribution in [3.63, 3.8) is 0 Å². The maximum atomic E-state index is 12.0. The summed E-state index contributed by atoms with van der Waals surface area (Å²) in [4.78, 5) is 18.2. The van der Waals surface area contributed by atoms with Gasteiger partial charge in [-0.15, -0.1) is 12.4 Å². The normalized spacial score (nSPS) is 16.8. The Kier molecular flexibility index (Phi) is 7.51. The van der Waals surface area contributed by atoms with Crippen LogP contribution in [0.5, 0.6) is 0 Å². The zero-order chi connectivity index (χ0) is 11.3. The number of amides is 2. The topological polar surface area (TPSA) is 26.8 Å². The fourth-order valence-corrected chi connectivity index (χ4v) is 1.95. The number of likely N-dealkylation sites (N-methyl/N-ethyl adjacent to an activating group) is 1. The van der Waals surface area contributed by atoms with Gasteiger partial charge >= 0.3 is 6.03 Å². The number of halogens is 1. The molecule has 0 aliphatic carbocycles. The van der Waals surface area contributed by atoms with Crippen LogP contribution in [0.2, 0.25) is 0 Å². The van der Waals surface area contributed by atoms with E-state index in [9.17, 15) is 4.79 Å². The van der Waals surface area contributed by atoms with Crippen LogP contribution in [0.15, 0.2) is 0 Å². The molecule has 1 aliphatic rings. The number of nitrogens with zero attached hydrogens (tertiary/aromatic N) is 3. The lowest BCUT2D eigenvalue weighted by Crippen LogP contribution is -2.52. The van der Waals surface area contributed by atoms with Crippen LogP contribution in [-0.4, -0.2) is 66.5 Å². The van der Waals surface area contributed by atoms with Crippen LogP contribution in [0.25, 0.3) is 0 Å². The van der Waals surface area contributed by atoms with E-state index in [-0.39, 0.29) is 18.4 Å². The number of rotatable bonds is 3. The molecule has 1 saturated heterocycles. The molecular weight excluding hydrogens is 226 g/mol. The van der Waals surface area contributed by atoms with Crippen LogP contribution < -0.4 is 0 Å². The van der Waals surface area contributed by atoms with E-state index in [4.69, 9.17) is 0 Å². The fraction of sp³-hybridized carbons (Fsp3) is 0.909. The number of piperazine rings is 1. The van der Waals surface area contributed by atoms with Crippen LogP contribution >= 0.6 is 12.4 Å². The molecule has 1 fully saturated rings. The highest BCUT2D eigenvalue weighted by Crippen LogP contribution is 2.05. The zero-order valence-corrected chi connectivity index (χ0v) is 11.4. The van der Waals surface area contributed by atoms with Crippen LogP contribution in [0, 0.1) is 0 Å². The Morgan fingerprint density at radius 3 is 1.94 bits per heavy atom. The lowest BCUT2D eigenvalue weighted by molar-refractivity contribution is 0.117. The van der Waals surface area contributed by atoms with Gasteiger partial charge in [-0.3, -0.25) is 0 Å². The van der Waals surface area contributed by atoms with Crippen LogP contribution in [0.1, 0.15) is 20.8 Å². The minimum atomic E-state index is 0. The Balaban J connectivity index is 0.00000225. The Morgan fingerprint density at radius 2 is 1.56 bits per heavy atom. The first-order valence-corrected chi connectivity index (χ1v) is 5.99. The highest BCUT2D eigenvalue weighted by molar-refractivity contribution is 5.85. The molecule has 1 heterocycles. The first-order chi connectivity index (χ1) is 7.22. The van der Waals surface area contributed by atoms with Gasteiger partial charge in [-0.05, 0) is 20.4 Å². The predicted octanol–water partition coefficient (Wildman–Crippen LogP) is 1.51. The summed E-state index contributed by atoms with van der Waals surface area (Å²) in [6.45, 7) is 12.7. The van der Waals surface area contributed by atoms with E-state index in [2.05, 4.69) is 11.8 Å². The van der Waals surface area contributed by atoms with Crippen molar-refractivity contribution in [1.29, 1.82) is 0 Å². The van der Waals surface area contributed by atoms with E-state index >= 15 is 0 Å². The fourth-order valence-electron chi connectivity index (χ4n) is 1.95. The second-order valence-corrected chi connectivity index (χ2v) is 3.88. The van der Waals surface area contributed by atoms with Crippen LogP contribution in [-0.2, 0) is 0 Å². The van der Waals surface area contributed by atoms with E-state index in [1.807, 2.05) is 23.6 Å². The molecule has 0 aromatic heterocycles. The average molecular weight is 250 g/mol. The van der Waals surface area contributed by atoms with Gasteiger partial charge in [0, 0.05) is 39.3 Å². The lowest BCUT2D eigenvalue weighted by Gasteiger charge is -2.36. The van der Waals surface area contributed by atoms with Crippen molar-refractivity contribution in [2.45, 2.75) is 20.8 Å². The van der Waals surface area contributed by atoms with Gasteiger partial charge in [-0.2, -0.15) is 0 Å². The highest BCUT2D eigenvalue weighted by atomic mass is 35.5. The summed E-state index contributed by atoms with van der Waals surface area (Å²) >= 11 is 0. The molecule has 0 saturated carbocycles. The molecule has 2 amide bonds. The van der Waals surface area contributed by atoms with Gasteiger partial charge in [-0.1, -0.05) is 6.92 Å². The molecule has 0 aromatic rings. The van der Waals surface area contributed by atoms with Gasteiger partial charge in [0.1, 0.15) is 0 Å². The van der Waals surface area contributed by atoms with E-state index in [1.54, 1.807) is 0 Å². The summed E-state index contributed by atoms with van der Waals surface area (Å²) in [5.74, 6) is 0. The van der Waals surface area contributed by atoms with E-state index < -0.39 is 0 Å². The second-order valence-electron chi connectivity index (χ2n) is 3.88. The molecule has 0 unspecified atom stereocenters. The summed E-state index contributed by atoms with van der Waals surface area (Å²) in [6, 6.07) is 0.204. The molecule has 96 valence electrons. The van der Waals surface area contributed by atoms with Crippen molar-refractivity contribution < 1.29 is 4.79 Å². The number of hydrogen-bond donors (Lipinski definition) is 0. The molecule has 1 aliphatic heterocycles. The summed E-state index contributed by atoms with van der Waals surface area (Å²) in [6.07, 6.45) is 0. The van der Waals surface area contributed by atoms with Gasteiger partial charge in [0.15, 0.2) is 0 Å². The Morgan fingerprint density at radius 1 is 1.06 bits per heavy atom. The summed E-state index contributed by atoms with van der Waals surface area (Å²) in [5.41, 5.74) is 0. The van der Waals surface area contributed by atoms with Crippen molar-refractivity contribution in [2.24, 2.45) is 0 Å². The minimum Gasteiger partial charge on any atom is -0.325 e. The van der Waals surface area contributed by atoms with Gasteiger partial charge in [0.2, 0.25) is 0 Å². The van der Waals surface area contributed by atoms with Gasteiger partial charge in [0.05, 0.1) is 0 Å². The molecular formula is C11H24ClN3O. The monoisotopic (exact) mass is 249 g/mol. The quantitative estimate of drug-likeness (QED) is 0.758.